The van der Waals surface area contributed by atoms with E-state index in [2.05, 4.69) is 5.32 Å². The van der Waals surface area contributed by atoms with Gasteiger partial charge in [0.05, 0.1) is 6.10 Å². The van der Waals surface area contributed by atoms with Crippen molar-refractivity contribution in [1.82, 2.24) is 10.2 Å². The summed E-state index contributed by atoms with van der Waals surface area (Å²) < 4.78 is 14.0. The average Bonchev–Trinajstić information content (AvgIpc) is 3.34. The first kappa shape index (κ1) is 16.2. The van der Waals surface area contributed by atoms with Gasteiger partial charge in [-0.1, -0.05) is 18.2 Å². The van der Waals surface area contributed by atoms with Crippen molar-refractivity contribution in [3.05, 3.63) is 35.6 Å². The molecule has 23 heavy (non-hydrogen) atoms. The van der Waals surface area contributed by atoms with E-state index in [9.17, 15) is 14.3 Å². The Morgan fingerprint density at radius 3 is 2.61 bits per heavy atom. The first-order chi connectivity index (χ1) is 11.0. The quantitative estimate of drug-likeness (QED) is 0.896. The van der Waals surface area contributed by atoms with Crippen molar-refractivity contribution in [3.63, 3.8) is 0 Å². The van der Waals surface area contributed by atoms with E-state index in [1.54, 1.807) is 11.0 Å². The number of rotatable bonds is 4. The van der Waals surface area contributed by atoms with E-state index in [0.29, 0.717) is 25.2 Å². The number of piperidine rings is 1. The van der Waals surface area contributed by atoms with Crippen LogP contribution in [0, 0.1) is 11.7 Å². The number of halogens is 1. The van der Waals surface area contributed by atoms with Crippen LogP contribution in [0.2, 0.25) is 0 Å². The Balaban J connectivity index is 1.53. The maximum atomic E-state index is 14.0. The fourth-order valence-corrected chi connectivity index (χ4v) is 3.53. The Morgan fingerprint density at radius 2 is 2.04 bits per heavy atom. The molecule has 1 heterocycles. The average molecular weight is 320 g/mol. The fraction of sp³-hybridized carbons (Fsp3) is 0.611. The normalized spacial score (nSPS) is 21.8. The van der Waals surface area contributed by atoms with Crippen molar-refractivity contribution in [1.29, 1.82) is 0 Å². The van der Waals surface area contributed by atoms with Gasteiger partial charge in [0.1, 0.15) is 5.82 Å². The van der Waals surface area contributed by atoms with Gasteiger partial charge in [0.2, 0.25) is 0 Å². The number of carbonyl (C=O) groups is 1. The largest absolute Gasteiger partial charge is 0.393 e. The third-order valence-corrected chi connectivity index (χ3v) is 5.39. The van der Waals surface area contributed by atoms with Crippen LogP contribution in [-0.4, -0.2) is 41.8 Å². The summed E-state index contributed by atoms with van der Waals surface area (Å²) in [7, 11) is 0. The molecule has 1 atom stereocenters. The van der Waals surface area contributed by atoms with Gasteiger partial charge in [-0.2, -0.15) is 0 Å². The lowest BCUT2D eigenvalue weighted by molar-refractivity contribution is 0.0797. The highest BCUT2D eigenvalue weighted by molar-refractivity contribution is 5.74. The van der Waals surface area contributed by atoms with Crippen LogP contribution in [0.3, 0.4) is 0 Å². The highest BCUT2D eigenvalue weighted by Gasteiger charge is 2.46. The Morgan fingerprint density at radius 1 is 1.39 bits per heavy atom. The van der Waals surface area contributed by atoms with Gasteiger partial charge in [0, 0.05) is 25.0 Å². The van der Waals surface area contributed by atoms with Crippen LogP contribution in [0.25, 0.3) is 0 Å². The van der Waals surface area contributed by atoms with Gasteiger partial charge >= 0.3 is 6.03 Å². The van der Waals surface area contributed by atoms with Crippen LogP contribution < -0.4 is 5.32 Å². The molecule has 0 radical (unpaired) electrons. The van der Waals surface area contributed by atoms with Gasteiger partial charge < -0.3 is 15.3 Å². The summed E-state index contributed by atoms with van der Waals surface area (Å²) in [6, 6.07) is 6.78. The van der Waals surface area contributed by atoms with Gasteiger partial charge in [0.25, 0.3) is 0 Å². The van der Waals surface area contributed by atoms with E-state index < -0.39 is 0 Å². The summed E-state index contributed by atoms with van der Waals surface area (Å²) in [6.07, 6.45) is 3.19. The minimum atomic E-state index is -0.309. The van der Waals surface area contributed by atoms with Crippen molar-refractivity contribution in [2.45, 2.75) is 44.1 Å². The first-order valence-corrected chi connectivity index (χ1v) is 8.48. The number of carbonyl (C=O) groups excluding carboxylic acids is 1. The third-order valence-electron chi connectivity index (χ3n) is 5.39. The molecule has 5 heteroatoms. The van der Waals surface area contributed by atoms with Gasteiger partial charge in [0.15, 0.2) is 0 Å². The SMILES string of the molecule is CC(O)C1CCN(C(=O)NCC2(c3ccccc3F)CC2)CC1. The Labute approximate surface area is 136 Å². The lowest BCUT2D eigenvalue weighted by Gasteiger charge is -2.33. The number of hydrogen-bond donors (Lipinski definition) is 2. The molecule has 1 saturated carbocycles. The van der Waals surface area contributed by atoms with E-state index in [4.69, 9.17) is 0 Å². The fourth-order valence-electron chi connectivity index (χ4n) is 3.53. The zero-order valence-corrected chi connectivity index (χ0v) is 13.6. The molecule has 1 aliphatic carbocycles. The van der Waals surface area contributed by atoms with Crippen LogP contribution in [0.15, 0.2) is 24.3 Å². The molecule has 0 bridgehead atoms. The van der Waals surface area contributed by atoms with Crippen LogP contribution >= 0.6 is 0 Å². The molecule has 1 unspecified atom stereocenters. The van der Waals surface area contributed by atoms with Crippen LogP contribution in [0.1, 0.15) is 38.2 Å². The second-order valence-electron chi connectivity index (χ2n) is 6.98. The number of nitrogens with zero attached hydrogens (tertiary/aromatic N) is 1. The Bertz CT molecular complexity index is 564. The van der Waals surface area contributed by atoms with Crippen molar-refractivity contribution in [2.24, 2.45) is 5.92 Å². The van der Waals surface area contributed by atoms with Crippen molar-refractivity contribution < 1.29 is 14.3 Å². The summed E-state index contributed by atoms with van der Waals surface area (Å²) in [5, 5.41) is 12.6. The predicted molar refractivity (Wildman–Crippen MR) is 86.7 cm³/mol. The molecule has 3 rings (SSSR count). The molecular formula is C18H25FN2O2. The van der Waals surface area contributed by atoms with E-state index >= 15 is 0 Å². The number of amides is 2. The molecular weight excluding hydrogens is 295 g/mol. The number of likely N-dealkylation sites (tertiary alicyclic amines) is 1. The van der Waals surface area contributed by atoms with E-state index in [1.807, 2.05) is 19.1 Å². The first-order valence-electron chi connectivity index (χ1n) is 8.48. The highest BCUT2D eigenvalue weighted by atomic mass is 19.1. The maximum Gasteiger partial charge on any atom is 0.317 e. The minimum absolute atomic E-state index is 0.0725. The molecule has 0 aromatic heterocycles. The van der Waals surface area contributed by atoms with Crippen molar-refractivity contribution in [2.75, 3.05) is 19.6 Å². The van der Waals surface area contributed by atoms with Crippen LogP contribution in [0.4, 0.5) is 9.18 Å². The molecule has 1 aromatic rings. The summed E-state index contributed by atoms with van der Waals surface area (Å²) in [5.74, 6) is 0.101. The lowest BCUT2D eigenvalue weighted by atomic mass is 9.92. The summed E-state index contributed by atoms with van der Waals surface area (Å²) in [4.78, 5) is 14.1. The monoisotopic (exact) mass is 320 g/mol. The summed E-state index contributed by atoms with van der Waals surface area (Å²) >= 11 is 0. The summed E-state index contributed by atoms with van der Waals surface area (Å²) in [6.45, 7) is 3.65. The highest BCUT2D eigenvalue weighted by Crippen LogP contribution is 2.48. The number of hydrogen-bond acceptors (Lipinski definition) is 2. The molecule has 4 nitrogen and oxygen atoms in total. The van der Waals surface area contributed by atoms with Gasteiger partial charge in [-0.3, -0.25) is 0 Å². The van der Waals surface area contributed by atoms with Gasteiger partial charge in [-0.25, -0.2) is 9.18 Å². The van der Waals surface area contributed by atoms with Crippen molar-refractivity contribution in [3.8, 4) is 0 Å². The second kappa shape index (κ2) is 6.48. The Kier molecular flexibility index (Phi) is 4.57. The third kappa shape index (κ3) is 3.50. The standard InChI is InChI=1S/C18H25FN2O2/c1-13(22)14-6-10-21(11-7-14)17(23)20-12-18(8-9-18)15-4-2-3-5-16(15)19/h2-5,13-14,22H,6-12H2,1H3,(H,20,23). The molecule has 126 valence electrons. The van der Waals surface area contributed by atoms with Crippen LogP contribution in [0.5, 0.6) is 0 Å². The van der Waals surface area contributed by atoms with E-state index in [1.165, 1.54) is 6.07 Å². The Hall–Kier alpha value is -1.62. The molecule has 2 N–H and O–H groups in total. The number of aliphatic hydroxyl groups excluding tert-OH is 1. The maximum absolute atomic E-state index is 14.0. The number of nitrogens with one attached hydrogen (secondary N) is 1. The lowest BCUT2D eigenvalue weighted by Crippen LogP contribution is -2.47. The molecule has 2 aliphatic rings. The molecule has 1 aromatic carbocycles. The molecule has 1 aliphatic heterocycles. The van der Waals surface area contributed by atoms with Crippen LogP contribution in [-0.2, 0) is 5.41 Å². The van der Waals surface area contributed by atoms with Gasteiger partial charge in [-0.15, -0.1) is 0 Å². The zero-order valence-electron chi connectivity index (χ0n) is 13.6. The van der Waals surface area contributed by atoms with E-state index in [0.717, 1.165) is 25.7 Å². The summed E-state index contributed by atoms with van der Waals surface area (Å²) in [5.41, 5.74) is 0.493. The van der Waals surface area contributed by atoms with Crippen molar-refractivity contribution >= 4 is 6.03 Å². The molecule has 2 fully saturated rings. The number of benzene rings is 1. The second-order valence-corrected chi connectivity index (χ2v) is 6.98. The van der Waals surface area contributed by atoms with Gasteiger partial charge in [-0.05, 0) is 50.2 Å². The number of aliphatic hydroxyl groups is 1. The number of urea groups is 1. The molecule has 1 saturated heterocycles. The molecule has 2 amide bonds. The molecule has 0 spiro atoms. The predicted octanol–water partition coefficient (Wildman–Crippen LogP) is 2.66. The zero-order chi connectivity index (χ0) is 16.4. The van der Waals surface area contributed by atoms with E-state index in [-0.39, 0.29) is 29.3 Å². The smallest absolute Gasteiger partial charge is 0.317 e. The minimum Gasteiger partial charge on any atom is -0.393 e. The topological polar surface area (TPSA) is 52.6 Å².